The van der Waals surface area contributed by atoms with Crippen molar-refractivity contribution in [2.75, 3.05) is 18.8 Å². The molecule has 2 heterocycles. The number of aromatic amines is 1. The van der Waals surface area contributed by atoms with Crippen LogP contribution in [0.2, 0.25) is 0 Å². The number of nitrogen functional groups attached to an aromatic ring is 1. The van der Waals surface area contributed by atoms with Gasteiger partial charge in [0.25, 0.3) is 5.91 Å². The van der Waals surface area contributed by atoms with E-state index < -0.39 is 0 Å². The van der Waals surface area contributed by atoms with Crippen molar-refractivity contribution in [3.05, 3.63) is 41.6 Å². The smallest absolute Gasteiger partial charge is 0.270 e. The predicted molar refractivity (Wildman–Crippen MR) is 77.0 cm³/mol. The molecule has 0 radical (unpaired) electrons. The molecule has 1 aromatic carbocycles. The number of fused-ring (bicyclic) bond motifs is 1. The van der Waals surface area contributed by atoms with Gasteiger partial charge >= 0.3 is 0 Å². The number of nitrogens with zero attached hydrogens (tertiary/aromatic N) is 1. The monoisotopic (exact) mass is 255 g/mol. The molecule has 19 heavy (non-hydrogen) atoms. The standard InChI is InChI=1S/C15H17N3O/c1-10-5-7-18(8-6-10)15(19)13-9-11-3-2-4-12(16)14(11)17-13/h2-5,9,17H,6-8,16H2,1H3. The molecule has 0 unspecified atom stereocenters. The van der Waals surface area contributed by atoms with E-state index in [1.165, 1.54) is 5.57 Å². The summed E-state index contributed by atoms with van der Waals surface area (Å²) >= 11 is 0. The Morgan fingerprint density at radius 2 is 2.26 bits per heavy atom. The van der Waals surface area contributed by atoms with Gasteiger partial charge in [-0.05, 0) is 25.5 Å². The molecule has 1 amide bonds. The minimum atomic E-state index is 0.0411. The van der Waals surface area contributed by atoms with Gasteiger partial charge in [0, 0.05) is 18.5 Å². The minimum absolute atomic E-state index is 0.0411. The summed E-state index contributed by atoms with van der Waals surface area (Å²) in [5, 5.41) is 0.979. The molecule has 4 heteroatoms. The zero-order chi connectivity index (χ0) is 13.4. The number of aromatic nitrogens is 1. The minimum Gasteiger partial charge on any atom is -0.397 e. The molecule has 0 fully saturated rings. The van der Waals surface area contributed by atoms with E-state index in [1.807, 2.05) is 29.2 Å². The molecule has 1 aliphatic rings. The first kappa shape index (κ1) is 11.8. The second-order valence-corrected chi connectivity index (χ2v) is 5.05. The van der Waals surface area contributed by atoms with E-state index in [1.54, 1.807) is 0 Å². The van der Waals surface area contributed by atoms with Crippen LogP contribution in [0.5, 0.6) is 0 Å². The van der Waals surface area contributed by atoms with Gasteiger partial charge in [0.05, 0.1) is 11.2 Å². The van der Waals surface area contributed by atoms with Gasteiger partial charge in [-0.25, -0.2) is 0 Å². The third-order valence-corrected chi connectivity index (χ3v) is 3.64. The highest BCUT2D eigenvalue weighted by Crippen LogP contribution is 2.22. The maximum absolute atomic E-state index is 12.4. The maximum Gasteiger partial charge on any atom is 0.270 e. The van der Waals surface area contributed by atoms with Crippen molar-refractivity contribution in [2.24, 2.45) is 0 Å². The van der Waals surface area contributed by atoms with E-state index in [4.69, 9.17) is 5.73 Å². The highest BCUT2D eigenvalue weighted by molar-refractivity contribution is 6.00. The molecule has 4 nitrogen and oxygen atoms in total. The van der Waals surface area contributed by atoms with Crippen molar-refractivity contribution >= 4 is 22.5 Å². The van der Waals surface area contributed by atoms with Crippen LogP contribution >= 0.6 is 0 Å². The zero-order valence-corrected chi connectivity index (χ0v) is 10.9. The van der Waals surface area contributed by atoms with Gasteiger partial charge in [-0.2, -0.15) is 0 Å². The largest absolute Gasteiger partial charge is 0.397 e. The van der Waals surface area contributed by atoms with E-state index in [9.17, 15) is 4.79 Å². The number of hydrogen-bond acceptors (Lipinski definition) is 2. The Balaban J connectivity index is 1.92. The average molecular weight is 255 g/mol. The summed E-state index contributed by atoms with van der Waals surface area (Å²) in [4.78, 5) is 17.4. The second-order valence-electron chi connectivity index (χ2n) is 5.05. The Morgan fingerprint density at radius 1 is 1.42 bits per heavy atom. The molecule has 0 atom stereocenters. The summed E-state index contributed by atoms with van der Waals surface area (Å²) in [6.07, 6.45) is 3.06. The number of nitrogens with one attached hydrogen (secondary N) is 1. The number of nitrogens with two attached hydrogens (primary N) is 1. The Kier molecular flexibility index (Phi) is 2.78. The maximum atomic E-state index is 12.4. The summed E-state index contributed by atoms with van der Waals surface area (Å²) in [5.74, 6) is 0.0411. The first-order valence-corrected chi connectivity index (χ1v) is 6.47. The van der Waals surface area contributed by atoms with Crippen LogP contribution in [0.3, 0.4) is 0 Å². The fourth-order valence-electron chi connectivity index (χ4n) is 2.42. The van der Waals surface area contributed by atoms with Crippen LogP contribution < -0.4 is 5.73 Å². The fourth-order valence-corrected chi connectivity index (χ4v) is 2.42. The lowest BCUT2D eigenvalue weighted by molar-refractivity contribution is 0.0764. The SMILES string of the molecule is CC1=CCN(C(=O)c2cc3cccc(N)c3[nH]2)CC1. The normalized spacial score (nSPS) is 15.6. The van der Waals surface area contributed by atoms with Crippen molar-refractivity contribution in [1.29, 1.82) is 0 Å². The van der Waals surface area contributed by atoms with Gasteiger partial charge in [0.2, 0.25) is 0 Å². The topological polar surface area (TPSA) is 62.1 Å². The highest BCUT2D eigenvalue weighted by Gasteiger charge is 2.19. The van der Waals surface area contributed by atoms with Gasteiger partial charge in [0.1, 0.15) is 5.69 Å². The van der Waals surface area contributed by atoms with Gasteiger partial charge in [-0.1, -0.05) is 23.8 Å². The molecule has 0 saturated heterocycles. The summed E-state index contributed by atoms with van der Waals surface area (Å²) in [5.41, 5.74) is 9.38. The van der Waals surface area contributed by atoms with E-state index >= 15 is 0 Å². The fraction of sp³-hybridized carbons (Fsp3) is 0.267. The van der Waals surface area contributed by atoms with Crippen LogP contribution in [0.4, 0.5) is 5.69 Å². The Labute approximate surface area is 111 Å². The number of H-pyrrole nitrogens is 1. The van der Waals surface area contributed by atoms with Crippen molar-refractivity contribution < 1.29 is 4.79 Å². The zero-order valence-electron chi connectivity index (χ0n) is 10.9. The number of hydrogen-bond donors (Lipinski definition) is 2. The van der Waals surface area contributed by atoms with Crippen LogP contribution in [0, 0.1) is 0 Å². The average Bonchev–Trinajstić information content (AvgIpc) is 2.84. The van der Waals surface area contributed by atoms with Gasteiger partial charge < -0.3 is 15.6 Å². The van der Waals surface area contributed by atoms with Gasteiger partial charge in [0.15, 0.2) is 0 Å². The van der Waals surface area contributed by atoms with E-state index in [0.29, 0.717) is 17.9 Å². The molecule has 2 aromatic rings. The van der Waals surface area contributed by atoms with Crippen LogP contribution in [-0.2, 0) is 0 Å². The molecule has 1 aliphatic heterocycles. The molecule has 3 rings (SSSR count). The van der Waals surface area contributed by atoms with Gasteiger partial charge in [-0.15, -0.1) is 0 Å². The molecular weight excluding hydrogens is 238 g/mol. The lowest BCUT2D eigenvalue weighted by Gasteiger charge is -2.24. The summed E-state index contributed by atoms with van der Waals surface area (Å²) in [6.45, 7) is 3.58. The van der Waals surface area contributed by atoms with E-state index in [-0.39, 0.29) is 5.91 Å². The number of amides is 1. The van der Waals surface area contributed by atoms with Crippen molar-refractivity contribution in [2.45, 2.75) is 13.3 Å². The Morgan fingerprint density at radius 3 is 2.95 bits per heavy atom. The molecule has 0 aliphatic carbocycles. The molecule has 0 saturated carbocycles. The lowest BCUT2D eigenvalue weighted by Crippen LogP contribution is -2.34. The number of para-hydroxylation sites is 1. The molecule has 0 spiro atoms. The molecule has 0 bridgehead atoms. The highest BCUT2D eigenvalue weighted by atomic mass is 16.2. The summed E-state index contributed by atoms with van der Waals surface area (Å²) in [6, 6.07) is 7.56. The first-order chi connectivity index (χ1) is 9.15. The predicted octanol–water partition coefficient (Wildman–Crippen LogP) is 2.54. The van der Waals surface area contributed by atoms with Gasteiger partial charge in [-0.3, -0.25) is 4.79 Å². The number of carbonyl (C=O) groups excluding carboxylic acids is 1. The molecule has 98 valence electrons. The number of rotatable bonds is 1. The van der Waals surface area contributed by atoms with Crippen LogP contribution in [0.1, 0.15) is 23.8 Å². The van der Waals surface area contributed by atoms with E-state index in [2.05, 4.69) is 18.0 Å². The number of carbonyl (C=O) groups is 1. The third kappa shape index (κ3) is 2.10. The number of benzene rings is 1. The summed E-state index contributed by atoms with van der Waals surface area (Å²) in [7, 11) is 0. The van der Waals surface area contributed by atoms with Crippen molar-refractivity contribution in [3.8, 4) is 0 Å². The Bertz CT molecular complexity index is 669. The Hall–Kier alpha value is -2.23. The van der Waals surface area contributed by atoms with Crippen LogP contribution in [0.15, 0.2) is 35.9 Å². The van der Waals surface area contributed by atoms with Crippen LogP contribution in [0.25, 0.3) is 10.9 Å². The van der Waals surface area contributed by atoms with E-state index in [0.717, 1.165) is 23.9 Å². The number of anilines is 1. The lowest BCUT2D eigenvalue weighted by atomic mass is 10.1. The molecule has 1 aromatic heterocycles. The first-order valence-electron chi connectivity index (χ1n) is 6.47. The summed E-state index contributed by atoms with van der Waals surface area (Å²) < 4.78 is 0. The third-order valence-electron chi connectivity index (χ3n) is 3.64. The quantitative estimate of drug-likeness (QED) is 0.607. The van der Waals surface area contributed by atoms with Crippen LogP contribution in [-0.4, -0.2) is 28.9 Å². The van der Waals surface area contributed by atoms with Crippen molar-refractivity contribution in [1.82, 2.24) is 9.88 Å². The molecule has 3 N–H and O–H groups in total. The van der Waals surface area contributed by atoms with Crippen molar-refractivity contribution in [3.63, 3.8) is 0 Å². The second kappa shape index (κ2) is 4.46. The molecular formula is C15H17N3O.